The number of thioether (sulfide) groups is 1. The van der Waals surface area contributed by atoms with Gasteiger partial charge in [0.25, 0.3) is 0 Å². The van der Waals surface area contributed by atoms with Crippen molar-refractivity contribution in [3.8, 4) is 0 Å². The van der Waals surface area contributed by atoms with Gasteiger partial charge in [-0.1, -0.05) is 0 Å². The largest absolute Gasteiger partial charge is 0.350 e. The molecule has 1 aliphatic heterocycles. The van der Waals surface area contributed by atoms with Gasteiger partial charge in [0.1, 0.15) is 0 Å². The summed E-state index contributed by atoms with van der Waals surface area (Å²) < 4.78 is 0. The number of hydrogen-bond donors (Lipinski definition) is 2. The molecule has 6 heteroatoms. The van der Waals surface area contributed by atoms with E-state index < -0.39 is 0 Å². The van der Waals surface area contributed by atoms with Gasteiger partial charge in [-0.2, -0.15) is 0 Å². The van der Waals surface area contributed by atoms with Crippen molar-refractivity contribution in [1.29, 1.82) is 0 Å². The maximum Gasteiger partial charge on any atom is 0.230 e. The molecule has 18 heavy (non-hydrogen) atoms. The molecule has 2 rings (SSSR count). The number of aromatic nitrogens is 1. The Kier molecular flexibility index (Phi) is 5.46. The number of carbonyl (C=O) groups excluding carboxylic acids is 1. The lowest BCUT2D eigenvalue weighted by atomic mass is 10.2. The maximum atomic E-state index is 11.7. The van der Waals surface area contributed by atoms with E-state index in [1.165, 1.54) is 12.8 Å². The Labute approximate surface area is 116 Å². The van der Waals surface area contributed by atoms with E-state index in [0.29, 0.717) is 17.5 Å². The van der Waals surface area contributed by atoms with Crippen molar-refractivity contribution in [3.05, 3.63) is 16.1 Å². The summed E-state index contributed by atoms with van der Waals surface area (Å²) >= 11 is 3.42. The van der Waals surface area contributed by atoms with Crippen LogP contribution in [0.5, 0.6) is 0 Å². The van der Waals surface area contributed by atoms with Gasteiger partial charge in [0, 0.05) is 16.3 Å². The van der Waals surface area contributed by atoms with Crippen LogP contribution in [0.15, 0.2) is 6.20 Å². The molecule has 1 fully saturated rings. The molecule has 0 radical (unpaired) electrons. The third kappa shape index (κ3) is 4.59. The van der Waals surface area contributed by atoms with Gasteiger partial charge in [0.2, 0.25) is 5.91 Å². The highest BCUT2D eigenvalue weighted by Gasteiger charge is 2.14. The Balaban J connectivity index is 1.62. The minimum absolute atomic E-state index is 0.129. The third-order valence-corrected chi connectivity index (χ3v) is 5.15. The number of aryl methyl sites for hydroxylation is 1. The average molecular weight is 285 g/mol. The number of carbonyl (C=O) groups is 1. The molecule has 0 unspecified atom stereocenters. The summed E-state index contributed by atoms with van der Waals surface area (Å²) in [4.78, 5) is 17.0. The lowest BCUT2D eigenvalue weighted by molar-refractivity contribution is -0.118. The highest BCUT2D eigenvalue weighted by atomic mass is 32.2. The number of piperidine rings is 1. The molecule has 1 saturated heterocycles. The Morgan fingerprint density at radius 2 is 2.39 bits per heavy atom. The van der Waals surface area contributed by atoms with Crippen molar-refractivity contribution in [2.24, 2.45) is 0 Å². The first kappa shape index (κ1) is 13.8. The first-order valence-corrected chi connectivity index (χ1v) is 8.11. The standard InChI is InChI=1S/C12H19N3OS2/c1-9-14-6-11(18-9)7-15-12(16)8-17-10-2-4-13-5-3-10/h6,10,13H,2-5,7-8H2,1H3,(H,15,16). The highest BCUT2D eigenvalue weighted by molar-refractivity contribution is 8.00. The summed E-state index contributed by atoms with van der Waals surface area (Å²) in [6.45, 7) is 4.75. The molecule has 2 N–H and O–H groups in total. The highest BCUT2D eigenvalue weighted by Crippen LogP contribution is 2.19. The fraction of sp³-hybridized carbons (Fsp3) is 0.667. The first-order valence-electron chi connectivity index (χ1n) is 6.24. The number of amides is 1. The quantitative estimate of drug-likeness (QED) is 0.862. The van der Waals surface area contributed by atoms with Crippen LogP contribution in [0, 0.1) is 6.92 Å². The lowest BCUT2D eigenvalue weighted by Gasteiger charge is -2.21. The van der Waals surface area contributed by atoms with Crippen molar-refractivity contribution >= 4 is 29.0 Å². The molecular weight excluding hydrogens is 266 g/mol. The van der Waals surface area contributed by atoms with E-state index in [1.807, 2.05) is 13.1 Å². The molecule has 0 saturated carbocycles. The van der Waals surface area contributed by atoms with E-state index in [9.17, 15) is 4.79 Å². The molecule has 0 atom stereocenters. The molecule has 1 aromatic heterocycles. The zero-order valence-corrected chi connectivity index (χ0v) is 12.2. The molecule has 0 spiro atoms. The van der Waals surface area contributed by atoms with Crippen LogP contribution in [-0.2, 0) is 11.3 Å². The summed E-state index contributed by atoms with van der Waals surface area (Å²) in [7, 11) is 0. The second kappa shape index (κ2) is 7.11. The van der Waals surface area contributed by atoms with Crippen LogP contribution in [0.4, 0.5) is 0 Å². The fourth-order valence-corrected chi connectivity index (χ4v) is 3.67. The number of hydrogen-bond acceptors (Lipinski definition) is 5. The number of nitrogens with zero attached hydrogens (tertiary/aromatic N) is 1. The second-order valence-electron chi connectivity index (χ2n) is 4.38. The summed E-state index contributed by atoms with van der Waals surface area (Å²) in [5, 5.41) is 7.96. The number of rotatable bonds is 5. The van der Waals surface area contributed by atoms with Gasteiger partial charge in [0.15, 0.2) is 0 Å². The first-order chi connectivity index (χ1) is 8.74. The van der Waals surface area contributed by atoms with Crippen LogP contribution in [0.1, 0.15) is 22.7 Å². The molecule has 0 bridgehead atoms. The topological polar surface area (TPSA) is 54.0 Å². The Hall–Kier alpha value is -0.590. The third-order valence-electron chi connectivity index (χ3n) is 2.87. The van der Waals surface area contributed by atoms with Crippen LogP contribution in [0.25, 0.3) is 0 Å². The minimum Gasteiger partial charge on any atom is -0.350 e. The van der Waals surface area contributed by atoms with Gasteiger partial charge in [-0.05, 0) is 32.9 Å². The second-order valence-corrected chi connectivity index (χ2v) is 6.99. The number of nitrogens with one attached hydrogen (secondary N) is 2. The Bertz CT molecular complexity index is 388. The zero-order valence-electron chi connectivity index (χ0n) is 10.6. The Morgan fingerprint density at radius 1 is 1.61 bits per heavy atom. The van der Waals surface area contributed by atoms with Crippen LogP contribution < -0.4 is 10.6 Å². The van der Waals surface area contributed by atoms with Crippen molar-refractivity contribution in [3.63, 3.8) is 0 Å². The van der Waals surface area contributed by atoms with Crippen molar-refractivity contribution in [2.75, 3.05) is 18.8 Å². The van der Waals surface area contributed by atoms with E-state index in [4.69, 9.17) is 0 Å². The van der Waals surface area contributed by atoms with Gasteiger partial charge in [-0.15, -0.1) is 23.1 Å². The molecule has 100 valence electrons. The predicted octanol–water partition coefficient (Wildman–Crippen LogP) is 1.55. The van der Waals surface area contributed by atoms with Gasteiger partial charge in [0.05, 0.1) is 17.3 Å². The van der Waals surface area contributed by atoms with Crippen molar-refractivity contribution < 1.29 is 4.79 Å². The SMILES string of the molecule is Cc1ncc(CNC(=O)CSC2CCNCC2)s1. The zero-order chi connectivity index (χ0) is 12.8. The monoisotopic (exact) mass is 285 g/mol. The fourth-order valence-electron chi connectivity index (χ4n) is 1.88. The van der Waals surface area contributed by atoms with Crippen LogP contribution >= 0.6 is 23.1 Å². The smallest absolute Gasteiger partial charge is 0.230 e. The number of thiazole rings is 1. The van der Waals surface area contributed by atoms with Gasteiger partial charge in [-0.3, -0.25) is 4.79 Å². The van der Waals surface area contributed by atoms with Crippen LogP contribution in [0.3, 0.4) is 0 Å². The molecule has 1 amide bonds. The van der Waals surface area contributed by atoms with Crippen molar-refractivity contribution in [1.82, 2.24) is 15.6 Å². The Morgan fingerprint density at radius 3 is 3.06 bits per heavy atom. The van der Waals surface area contributed by atoms with Gasteiger partial charge < -0.3 is 10.6 Å². The van der Waals surface area contributed by atoms with E-state index >= 15 is 0 Å². The van der Waals surface area contributed by atoms with Gasteiger partial charge >= 0.3 is 0 Å². The maximum absolute atomic E-state index is 11.7. The predicted molar refractivity (Wildman–Crippen MR) is 77.0 cm³/mol. The molecular formula is C12H19N3OS2. The van der Waals surface area contributed by atoms with E-state index in [-0.39, 0.29) is 5.91 Å². The molecule has 0 aromatic carbocycles. The summed E-state index contributed by atoms with van der Waals surface area (Å²) in [6, 6.07) is 0. The lowest BCUT2D eigenvalue weighted by Crippen LogP contribution is -2.31. The summed E-state index contributed by atoms with van der Waals surface area (Å²) in [5.41, 5.74) is 0. The van der Waals surface area contributed by atoms with Crippen LogP contribution in [0.2, 0.25) is 0 Å². The normalized spacial score (nSPS) is 16.7. The molecule has 2 heterocycles. The average Bonchev–Trinajstić information content (AvgIpc) is 2.81. The summed E-state index contributed by atoms with van der Waals surface area (Å²) in [5.74, 6) is 0.701. The molecule has 0 aliphatic carbocycles. The van der Waals surface area contributed by atoms with Crippen molar-refractivity contribution in [2.45, 2.75) is 31.6 Å². The van der Waals surface area contributed by atoms with E-state index in [1.54, 1.807) is 23.1 Å². The molecule has 4 nitrogen and oxygen atoms in total. The summed E-state index contributed by atoms with van der Waals surface area (Å²) in [6.07, 6.45) is 4.18. The van der Waals surface area contributed by atoms with E-state index in [0.717, 1.165) is 23.0 Å². The van der Waals surface area contributed by atoms with Gasteiger partial charge in [-0.25, -0.2) is 4.98 Å². The van der Waals surface area contributed by atoms with E-state index in [2.05, 4.69) is 15.6 Å². The minimum atomic E-state index is 0.129. The molecule has 1 aliphatic rings. The van der Waals surface area contributed by atoms with Crippen LogP contribution in [-0.4, -0.2) is 35.0 Å². The molecule has 1 aromatic rings.